The van der Waals surface area contributed by atoms with Crippen molar-refractivity contribution in [2.75, 3.05) is 19.8 Å². The fourth-order valence-corrected chi connectivity index (χ4v) is 3.52. The van der Waals surface area contributed by atoms with Crippen LogP contribution in [0.1, 0.15) is 44.6 Å². The summed E-state index contributed by atoms with van der Waals surface area (Å²) >= 11 is 0. The van der Waals surface area contributed by atoms with Gasteiger partial charge in [-0.05, 0) is 48.9 Å². The van der Waals surface area contributed by atoms with Crippen molar-refractivity contribution in [2.24, 2.45) is 5.92 Å². The van der Waals surface area contributed by atoms with Crippen LogP contribution in [0.2, 0.25) is 0 Å². The van der Waals surface area contributed by atoms with E-state index in [1.165, 1.54) is 24.8 Å². The quantitative estimate of drug-likeness (QED) is 0.894. The van der Waals surface area contributed by atoms with Crippen LogP contribution in [0.25, 0.3) is 0 Å². The van der Waals surface area contributed by atoms with Crippen LogP contribution in [-0.4, -0.2) is 25.8 Å². The smallest absolute Gasteiger partial charge is 0.161 e. The molecule has 3 atom stereocenters. The molecule has 3 nitrogen and oxygen atoms in total. The van der Waals surface area contributed by atoms with Crippen molar-refractivity contribution < 1.29 is 9.47 Å². The number of ether oxygens (including phenoxy) is 2. The maximum absolute atomic E-state index is 5.70. The molecule has 0 bridgehead atoms. The van der Waals surface area contributed by atoms with Crippen molar-refractivity contribution in [3.8, 4) is 11.5 Å². The largest absolute Gasteiger partial charge is 0.486 e. The molecular weight excluding hydrogens is 250 g/mol. The van der Waals surface area contributed by atoms with Crippen molar-refractivity contribution in [3.63, 3.8) is 0 Å². The van der Waals surface area contributed by atoms with Gasteiger partial charge < -0.3 is 14.8 Å². The summed E-state index contributed by atoms with van der Waals surface area (Å²) in [5, 5.41) is 3.68. The van der Waals surface area contributed by atoms with Gasteiger partial charge >= 0.3 is 0 Å². The van der Waals surface area contributed by atoms with Crippen LogP contribution in [0.15, 0.2) is 18.2 Å². The zero-order chi connectivity index (χ0) is 13.9. The van der Waals surface area contributed by atoms with E-state index in [2.05, 4.69) is 37.4 Å². The van der Waals surface area contributed by atoms with Crippen LogP contribution >= 0.6 is 0 Å². The zero-order valence-corrected chi connectivity index (χ0v) is 12.5. The number of fused-ring (bicyclic) bond motifs is 1. The maximum Gasteiger partial charge on any atom is 0.161 e. The lowest BCUT2D eigenvalue weighted by Crippen LogP contribution is -2.49. The molecule has 1 aliphatic heterocycles. The SMILES string of the molecule is CCCNC1CC(c2ccc3c(c2)OCCO3)C1CC. The van der Waals surface area contributed by atoms with Gasteiger partial charge in [0, 0.05) is 6.04 Å². The number of hydrogen-bond acceptors (Lipinski definition) is 3. The van der Waals surface area contributed by atoms with Gasteiger partial charge in [-0.25, -0.2) is 0 Å². The van der Waals surface area contributed by atoms with E-state index in [4.69, 9.17) is 9.47 Å². The number of hydrogen-bond donors (Lipinski definition) is 1. The standard InChI is InChI=1S/C17H25NO2/c1-3-7-18-15-11-14(13(15)4-2)12-5-6-16-17(10-12)20-9-8-19-16/h5-6,10,13-15,18H,3-4,7-9,11H2,1-2H3. The normalized spacial score (nSPS) is 28.0. The summed E-state index contributed by atoms with van der Waals surface area (Å²) in [6, 6.07) is 7.18. The molecule has 0 aromatic heterocycles. The van der Waals surface area contributed by atoms with Crippen LogP contribution in [0, 0.1) is 5.92 Å². The summed E-state index contributed by atoms with van der Waals surface area (Å²) in [4.78, 5) is 0. The van der Waals surface area contributed by atoms with E-state index >= 15 is 0 Å². The number of benzene rings is 1. The lowest BCUT2D eigenvalue weighted by atomic mass is 9.65. The van der Waals surface area contributed by atoms with Gasteiger partial charge in [-0.2, -0.15) is 0 Å². The molecule has 3 heteroatoms. The van der Waals surface area contributed by atoms with Gasteiger partial charge in [0.1, 0.15) is 13.2 Å². The minimum absolute atomic E-state index is 0.663. The average Bonchev–Trinajstić information content (AvgIpc) is 2.46. The molecule has 2 aliphatic rings. The monoisotopic (exact) mass is 275 g/mol. The van der Waals surface area contributed by atoms with Gasteiger partial charge in [-0.3, -0.25) is 0 Å². The Hall–Kier alpha value is -1.22. The third kappa shape index (κ3) is 2.51. The van der Waals surface area contributed by atoms with Crippen molar-refractivity contribution in [3.05, 3.63) is 23.8 Å². The second-order valence-electron chi connectivity index (χ2n) is 5.88. The predicted molar refractivity (Wildman–Crippen MR) is 80.7 cm³/mol. The lowest BCUT2D eigenvalue weighted by molar-refractivity contribution is 0.156. The van der Waals surface area contributed by atoms with Gasteiger partial charge in [-0.1, -0.05) is 26.3 Å². The molecule has 1 N–H and O–H groups in total. The Morgan fingerprint density at radius 2 is 1.95 bits per heavy atom. The Kier molecular flexibility index (Phi) is 4.16. The lowest BCUT2D eigenvalue weighted by Gasteiger charge is -2.45. The molecule has 110 valence electrons. The molecule has 1 saturated carbocycles. The third-order valence-electron chi connectivity index (χ3n) is 4.66. The minimum Gasteiger partial charge on any atom is -0.486 e. The second kappa shape index (κ2) is 6.04. The molecule has 1 aromatic rings. The summed E-state index contributed by atoms with van der Waals surface area (Å²) in [6.07, 6.45) is 3.69. The van der Waals surface area contributed by atoms with E-state index < -0.39 is 0 Å². The molecule has 0 spiro atoms. The van der Waals surface area contributed by atoms with Crippen molar-refractivity contribution in [2.45, 2.75) is 45.1 Å². The fraction of sp³-hybridized carbons (Fsp3) is 0.647. The summed E-state index contributed by atoms with van der Waals surface area (Å²) < 4.78 is 11.3. The van der Waals surface area contributed by atoms with E-state index in [0.717, 1.165) is 24.0 Å². The topological polar surface area (TPSA) is 30.5 Å². The van der Waals surface area contributed by atoms with Crippen LogP contribution in [0.4, 0.5) is 0 Å². The molecular formula is C17H25NO2. The maximum atomic E-state index is 5.70. The summed E-state index contributed by atoms with van der Waals surface area (Å²) in [5.41, 5.74) is 1.41. The molecule has 1 aromatic carbocycles. The second-order valence-corrected chi connectivity index (χ2v) is 5.88. The van der Waals surface area contributed by atoms with Crippen LogP contribution in [-0.2, 0) is 0 Å². The van der Waals surface area contributed by atoms with E-state index in [0.29, 0.717) is 25.2 Å². The van der Waals surface area contributed by atoms with Crippen LogP contribution < -0.4 is 14.8 Å². The van der Waals surface area contributed by atoms with E-state index in [1.807, 2.05) is 0 Å². The van der Waals surface area contributed by atoms with Crippen molar-refractivity contribution in [1.82, 2.24) is 5.32 Å². The molecule has 3 unspecified atom stereocenters. The number of rotatable bonds is 5. The fourth-order valence-electron chi connectivity index (χ4n) is 3.52. The average molecular weight is 275 g/mol. The summed E-state index contributed by atoms with van der Waals surface area (Å²) in [6.45, 7) is 6.99. The van der Waals surface area contributed by atoms with E-state index in [-0.39, 0.29) is 0 Å². The molecule has 1 heterocycles. The van der Waals surface area contributed by atoms with Gasteiger partial charge in [-0.15, -0.1) is 0 Å². The highest BCUT2D eigenvalue weighted by Gasteiger charge is 2.40. The predicted octanol–water partition coefficient (Wildman–Crippen LogP) is 3.34. The Morgan fingerprint density at radius 1 is 1.15 bits per heavy atom. The van der Waals surface area contributed by atoms with Crippen LogP contribution in [0.3, 0.4) is 0 Å². The molecule has 0 saturated heterocycles. The van der Waals surface area contributed by atoms with Gasteiger partial charge in [0.2, 0.25) is 0 Å². The van der Waals surface area contributed by atoms with Gasteiger partial charge in [0.05, 0.1) is 0 Å². The first kappa shape index (κ1) is 13.7. The Labute approximate surface area is 121 Å². The van der Waals surface area contributed by atoms with Gasteiger partial charge in [0.25, 0.3) is 0 Å². The third-order valence-corrected chi connectivity index (χ3v) is 4.66. The van der Waals surface area contributed by atoms with E-state index in [9.17, 15) is 0 Å². The highest BCUT2D eigenvalue weighted by atomic mass is 16.6. The molecule has 20 heavy (non-hydrogen) atoms. The van der Waals surface area contributed by atoms with Crippen molar-refractivity contribution >= 4 is 0 Å². The van der Waals surface area contributed by atoms with Gasteiger partial charge in [0.15, 0.2) is 11.5 Å². The highest BCUT2D eigenvalue weighted by molar-refractivity contribution is 5.45. The first-order valence-electron chi connectivity index (χ1n) is 7.96. The first-order valence-corrected chi connectivity index (χ1v) is 7.96. The van der Waals surface area contributed by atoms with E-state index in [1.54, 1.807) is 0 Å². The minimum atomic E-state index is 0.663. The molecule has 3 rings (SSSR count). The number of nitrogens with one attached hydrogen (secondary N) is 1. The Bertz CT molecular complexity index is 460. The zero-order valence-electron chi connectivity index (χ0n) is 12.5. The Morgan fingerprint density at radius 3 is 2.70 bits per heavy atom. The van der Waals surface area contributed by atoms with Crippen molar-refractivity contribution in [1.29, 1.82) is 0 Å². The molecule has 0 radical (unpaired) electrons. The molecule has 1 fully saturated rings. The summed E-state index contributed by atoms with van der Waals surface area (Å²) in [7, 11) is 0. The Balaban J connectivity index is 1.70. The molecule has 0 amide bonds. The van der Waals surface area contributed by atoms with Crippen LogP contribution in [0.5, 0.6) is 11.5 Å². The summed E-state index contributed by atoms with van der Waals surface area (Å²) in [5.74, 6) is 3.25. The first-order chi connectivity index (χ1) is 9.83. The highest BCUT2D eigenvalue weighted by Crippen LogP contribution is 2.46. The molecule has 1 aliphatic carbocycles.